The van der Waals surface area contributed by atoms with E-state index in [1.54, 1.807) is 25.1 Å². The number of carbonyl (C=O) groups is 4. The summed E-state index contributed by atoms with van der Waals surface area (Å²) >= 11 is 0. The Morgan fingerprint density at radius 1 is 0.964 bits per heavy atom. The van der Waals surface area contributed by atoms with Gasteiger partial charge in [-0.05, 0) is 42.2 Å². The molecule has 28 heavy (non-hydrogen) atoms. The van der Waals surface area contributed by atoms with Gasteiger partial charge in [0.2, 0.25) is 0 Å². The number of carbonyl (C=O) groups excluding carboxylic acids is 4. The molecular weight excluding hydrogens is 354 g/mol. The Morgan fingerprint density at radius 3 is 2.14 bits per heavy atom. The highest BCUT2D eigenvalue weighted by molar-refractivity contribution is 6.20. The first-order chi connectivity index (χ1) is 13.4. The Balaban J connectivity index is 1.69. The highest BCUT2D eigenvalue weighted by Crippen LogP contribution is 2.33. The molecule has 2 aromatic rings. The summed E-state index contributed by atoms with van der Waals surface area (Å²) in [7, 11) is 0. The van der Waals surface area contributed by atoms with E-state index in [-0.39, 0.29) is 48.4 Å². The quantitative estimate of drug-likeness (QED) is 0.803. The summed E-state index contributed by atoms with van der Waals surface area (Å²) in [5.41, 5.74) is 3.01. The van der Waals surface area contributed by atoms with Crippen molar-refractivity contribution in [2.45, 2.75) is 39.0 Å². The molecule has 0 saturated heterocycles. The van der Waals surface area contributed by atoms with Crippen LogP contribution in [0.3, 0.4) is 0 Å². The molecule has 1 fully saturated rings. The van der Waals surface area contributed by atoms with Gasteiger partial charge in [0.1, 0.15) is 5.92 Å². The van der Waals surface area contributed by atoms with Gasteiger partial charge in [-0.2, -0.15) is 0 Å². The van der Waals surface area contributed by atoms with Crippen LogP contribution < -0.4 is 5.32 Å². The van der Waals surface area contributed by atoms with Crippen molar-refractivity contribution in [3.05, 3.63) is 65.2 Å². The monoisotopic (exact) mass is 377 g/mol. The van der Waals surface area contributed by atoms with Crippen LogP contribution in [0.25, 0.3) is 0 Å². The lowest BCUT2D eigenvalue weighted by Gasteiger charge is -2.25. The van der Waals surface area contributed by atoms with Crippen LogP contribution >= 0.6 is 0 Å². The van der Waals surface area contributed by atoms with Gasteiger partial charge in [0.15, 0.2) is 17.3 Å². The highest BCUT2D eigenvalue weighted by Gasteiger charge is 2.39. The zero-order valence-corrected chi connectivity index (χ0v) is 16.0. The minimum atomic E-state index is -1.08. The number of hydrogen-bond acceptors (Lipinski definition) is 4. The first kappa shape index (κ1) is 19.7. The zero-order chi connectivity index (χ0) is 20.3. The van der Waals surface area contributed by atoms with Gasteiger partial charge >= 0.3 is 0 Å². The van der Waals surface area contributed by atoms with Gasteiger partial charge < -0.3 is 5.32 Å². The lowest BCUT2D eigenvalue weighted by atomic mass is 9.75. The van der Waals surface area contributed by atoms with Gasteiger partial charge in [0.25, 0.3) is 5.91 Å². The fraction of sp³-hybridized carbons (Fsp3) is 0.304. The molecule has 1 saturated carbocycles. The topological polar surface area (TPSA) is 80.3 Å². The van der Waals surface area contributed by atoms with E-state index in [1.807, 2.05) is 37.3 Å². The van der Waals surface area contributed by atoms with Crippen molar-refractivity contribution in [3.63, 3.8) is 0 Å². The molecule has 5 heteroatoms. The van der Waals surface area contributed by atoms with Crippen LogP contribution in [-0.2, 0) is 14.4 Å². The number of benzene rings is 2. The number of anilines is 1. The molecule has 3 rings (SSSR count). The maximum atomic E-state index is 12.4. The van der Waals surface area contributed by atoms with Crippen LogP contribution in [0.5, 0.6) is 0 Å². The third kappa shape index (κ3) is 4.09. The molecule has 0 bridgehead atoms. The third-order valence-electron chi connectivity index (χ3n) is 5.24. The number of nitrogens with one attached hydrogen (secondary N) is 1. The number of rotatable bonds is 5. The van der Waals surface area contributed by atoms with E-state index in [2.05, 4.69) is 5.32 Å². The maximum Gasteiger partial charge on any atom is 0.255 e. The van der Waals surface area contributed by atoms with E-state index < -0.39 is 5.92 Å². The van der Waals surface area contributed by atoms with Crippen LogP contribution in [0.4, 0.5) is 5.69 Å². The van der Waals surface area contributed by atoms with Crippen molar-refractivity contribution in [2.75, 3.05) is 5.32 Å². The van der Waals surface area contributed by atoms with Crippen LogP contribution in [0, 0.1) is 12.8 Å². The van der Waals surface area contributed by atoms with Crippen LogP contribution in [0.1, 0.15) is 53.6 Å². The van der Waals surface area contributed by atoms with Gasteiger partial charge in [0.05, 0.1) is 0 Å². The van der Waals surface area contributed by atoms with Crippen LogP contribution in [-0.4, -0.2) is 23.3 Å². The van der Waals surface area contributed by atoms with Crippen molar-refractivity contribution in [3.8, 4) is 0 Å². The van der Waals surface area contributed by atoms with E-state index in [0.29, 0.717) is 11.3 Å². The molecule has 0 radical (unpaired) electrons. The summed E-state index contributed by atoms with van der Waals surface area (Å²) in [6.07, 6.45) is 0.580. The number of aryl methyl sites for hydroxylation is 1. The van der Waals surface area contributed by atoms with Gasteiger partial charge in [0, 0.05) is 30.5 Å². The van der Waals surface area contributed by atoms with Gasteiger partial charge in [-0.15, -0.1) is 0 Å². The summed E-state index contributed by atoms with van der Waals surface area (Å²) in [4.78, 5) is 48.8. The predicted molar refractivity (Wildman–Crippen MR) is 106 cm³/mol. The Hall–Kier alpha value is -3.08. The average molecular weight is 377 g/mol. The number of hydrogen-bond donors (Lipinski definition) is 1. The fourth-order valence-electron chi connectivity index (χ4n) is 3.64. The molecule has 1 aliphatic rings. The highest BCUT2D eigenvalue weighted by atomic mass is 16.2. The molecule has 144 valence electrons. The molecule has 1 amide bonds. The van der Waals surface area contributed by atoms with E-state index in [1.165, 1.54) is 0 Å². The Bertz CT molecular complexity index is 912. The van der Waals surface area contributed by atoms with Crippen molar-refractivity contribution < 1.29 is 19.2 Å². The molecule has 0 heterocycles. The second-order valence-electron chi connectivity index (χ2n) is 7.18. The summed E-state index contributed by atoms with van der Waals surface area (Å²) in [5.74, 6) is -2.34. The standard InChI is InChI=1S/C23H23NO4/c1-3-19(25)22-20(26)12-16(13-21(22)27)15-8-10-17(11-9-15)24-23(28)18-7-5-4-6-14(18)2/h4-11,16,22H,3,12-13H2,1-2H3,(H,24,28). The Morgan fingerprint density at radius 2 is 1.57 bits per heavy atom. The zero-order valence-electron chi connectivity index (χ0n) is 16.0. The van der Waals surface area contributed by atoms with Gasteiger partial charge in [-0.25, -0.2) is 0 Å². The summed E-state index contributed by atoms with van der Waals surface area (Å²) in [5, 5.41) is 2.86. The van der Waals surface area contributed by atoms with E-state index in [9.17, 15) is 19.2 Å². The molecule has 0 aliphatic heterocycles. The van der Waals surface area contributed by atoms with Gasteiger partial charge in [-0.1, -0.05) is 37.3 Å². The van der Waals surface area contributed by atoms with Crippen LogP contribution in [0.15, 0.2) is 48.5 Å². The fourth-order valence-corrected chi connectivity index (χ4v) is 3.64. The summed E-state index contributed by atoms with van der Waals surface area (Å²) in [6, 6.07) is 14.5. The first-order valence-corrected chi connectivity index (χ1v) is 9.45. The lowest BCUT2D eigenvalue weighted by Crippen LogP contribution is -2.37. The second kappa shape index (κ2) is 8.30. The Labute approximate surface area is 164 Å². The van der Waals surface area contributed by atoms with E-state index in [4.69, 9.17) is 0 Å². The average Bonchev–Trinajstić information content (AvgIpc) is 2.68. The third-order valence-corrected chi connectivity index (χ3v) is 5.24. The van der Waals surface area contributed by atoms with E-state index >= 15 is 0 Å². The predicted octanol–water partition coefficient (Wildman–Crippen LogP) is 3.86. The minimum Gasteiger partial charge on any atom is -0.322 e. The van der Waals surface area contributed by atoms with Crippen molar-refractivity contribution in [1.29, 1.82) is 0 Å². The molecule has 0 unspecified atom stereocenters. The van der Waals surface area contributed by atoms with Crippen molar-refractivity contribution in [1.82, 2.24) is 0 Å². The molecule has 2 aromatic carbocycles. The van der Waals surface area contributed by atoms with Crippen molar-refractivity contribution in [2.24, 2.45) is 5.92 Å². The van der Waals surface area contributed by atoms with Crippen molar-refractivity contribution >= 4 is 28.9 Å². The maximum absolute atomic E-state index is 12.4. The van der Waals surface area contributed by atoms with Crippen LogP contribution in [0.2, 0.25) is 0 Å². The number of Topliss-reactive ketones (excluding diaryl/α,β-unsaturated/α-hetero) is 3. The molecular formula is C23H23NO4. The molecule has 0 atom stereocenters. The molecule has 1 aliphatic carbocycles. The number of ketones is 3. The second-order valence-corrected chi connectivity index (χ2v) is 7.18. The number of amides is 1. The SMILES string of the molecule is CCC(=O)C1C(=O)CC(c2ccc(NC(=O)c3ccccc3C)cc2)CC1=O. The molecule has 0 aromatic heterocycles. The normalized spacial score (nSPS) is 19.4. The molecule has 5 nitrogen and oxygen atoms in total. The summed E-state index contributed by atoms with van der Waals surface area (Å²) < 4.78 is 0. The smallest absolute Gasteiger partial charge is 0.255 e. The lowest BCUT2D eigenvalue weighted by molar-refractivity contribution is -0.142. The first-order valence-electron chi connectivity index (χ1n) is 9.45. The molecule has 0 spiro atoms. The van der Waals surface area contributed by atoms with Gasteiger partial charge in [-0.3, -0.25) is 19.2 Å². The molecule has 1 N–H and O–H groups in total. The Kier molecular flexibility index (Phi) is 5.83. The summed E-state index contributed by atoms with van der Waals surface area (Å²) in [6.45, 7) is 3.55. The minimum absolute atomic E-state index is 0.185. The largest absolute Gasteiger partial charge is 0.322 e. The van der Waals surface area contributed by atoms with E-state index in [0.717, 1.165) is 11.1 Å².